The smallest absolute Gasteiger partial charge is 0.416 e. The molecule has 0 fully saturated rings. The number of hydrogen-bond donors (Lipinski definition) is 3. The summed E-state index contributed by atoms with van der Waals surface area (Å²) in [7, 11) is 1.27. The van der Waals surface area contributed by atoms with Gasteiger partial charge < -0.3 is 25.2 Å². The summed E-state index contributed by atoms with van der Waals surface area (Å²) < 4.78 is 85.5. The minimum atomic E-state index is -4.86. The molecule has 0 bridgehead atoms. The molecule has 49 heavy (non-hydrogen) atoms. The van der Waals surface area contributed by atoms with E-state index in [1.165, 1.54) is 36.8 Å². The van der Waals surface area contributed by atoms with Crippen molar-refractivity contribution in [2.75, 3.05) is 32.1 Å². The van der Waals surface area contributed by atoms with Gasteiger partial charge in [0.1, 0.15) is 11.6 Å². The van der Waals surface area contributed by atoms with Gasteiger partial charge in [-0.15, -0.1) is 0 Å². The van der Waals surface area contributed by atoms with Gasteiger partial charge in [-0.2, -0.15) is 13.2 Å². The van der Waals surface area contributed by atoms with E-state index in [0.717, 1.165) is 23.8 Å². The van der Waals surface area contributed by atoms with Gasteiger partial charge in [-0.1, -0.05) is 55.5 Å². The van der Waals surface area contributed by atoms with E-state index in [0.29, 0.717) is 0 Å². The fourth-order valence-corrected chi connectivity index (χ4v) is 6.42. The normalized spacial score (nSPS) is 15.4. The number of nitrogens with zero attached hydrogens (tertiary/aromatic N) is 1. The van der Waals surface area contributed by atoms with Gasteiger partial charge in [0.05, 0.1) is 36.9 Å². The van der Waals surface area contributed by atoms with E-state index < -0.39 is 65.1 Å². The van der Waals surface area contributed by atoms with Crippen LogP contribution in [0.4, 0.5) is 27.8 Å². The van der Waals surface area contributed by atoms with Gasteiger partial charge in [0.15, 0.2) is 17.7 Å². The first-order valence-electron chi connectivity index (χ1n) is 15.7. The van der Waals surface area contributed by atoms with Crippen molar-refractivity contribution >= 4 is 11.8 Å². The van der Waals surface area contributed by atoms with Crippen molar-refractivity contribution in [3.63, 3.8) is 0 Å². The van der Waals surface area contributed by atoms with Crippen LogP contribution < -0.4 is 20.9 Å². The Bertz CT molecular complexity index is 1880. The highest BCUT2D eigenvalue weighted by atomic mass is 19.4. The summed E-state index contributed by atoms with van der Waals surface area (Å²) in [4.78, 5) is 26.0. The summed E-state index contributed by atoms with van der Waals surface area (Å²) in [6, 6.07) is 14.8. The number of rotatable bonds is 13. The lowest BCUT2D eigenvalue weighted by Gasteiger charge is -2.28. The summed E-state index contributed by atoms with van der Waals surface area (Å²) >= 11 is 0. The van der Waals surface area contributed by atoms with Crippen LogP contribution in [0.15, 0.2) is 71.5 Å². The number of aromatic nitrogens is 1. The van der Waals surface area contributed by atoms with Crippen LogP contribution in [0.3, 0.4) is 0 Å². The number of benzene rings is 3. The third-order valence-electron chi connectivity index (χ3n) is 8.80. The molecule has 3 aromatic carbocycles. The Balaban J connectivity index is 1.69. The maximum Gasteiger partial charge on any atom is 0.416 e. The van der Waals surface area contributed by atoms with Crippen LogP contribution in [0.2, 0.25) is 0 Å². The largest absolute Gasteiger partial charge is 0.494 e. The molecule has 0 amide bonds. The number of nitrogens with one attached hydrogen (secondary N) is 2. The third kappa shape index (κ3) is 7.18. The Hall–Kier alpha value is -4.75. The van der Waals surface area contributed by atoms with Crippen LogP contribution >= 0.6 is 0 Å². The molecule has 8 nitrogen and oxygen atoms in total. The van der Waals surface area contributed by atoms with E-state index in [2.05, 4.69) is 10.6 Å². The lowest BCUT2D eigenvalue weighted by atomic mass is 9.91. The Morgan fingerprint density at radius 1 is 1.06 bits per heavy atom. The van der Waals surface area contributed by atoms with E-state index in [-0.39, 0.29) is 59.9 Å². The van der Waals surface area contributed by atoms with Gasteiger partial charge in [-0.05, 0) is 42.7 Å². The Morgan fingerprint density at radius 3 is 2.43 bits per heavy atom. The molecular weight excluding hydrogens is 649 g/mol. The van der Waals surface area contributed by atoms with Gasteiger partial charge >= 0.3 is 12.1 Å². The van der Waals surface area contributed by atoms with E-state index >= 15 is 8.78 Å². The van der Waals surface area contributed by atoms with E-state index in [1.54, 1.807) is 19.1 Å². The van der Waals surface area contributed by atoms with Crippen LogP contribution in [0.25, 0.3) is 11.1 Å². The number of hydrogen-bond acceptors (Lipinski definition) is 6. The van der Waals surface area contributed by atoms with Crippen molar-refractivity contribution in [2.24, 2.45) is 0 Å². The number of carboxylic acid groups (broad SMARTS) is 1. The van der Waals surface area contributed by atoms with Gasteiger partial charge in [-0.25, -0.2) is 13.6 Å². The summed E-state index contributed by atoms with van der Waals surface area (Å²) in [5, 5.41) is 15.9. The predicted octanol–water partition coefficient (Wildman–Crippen LogP) is 6.90. The number of pyridine rings is 1. The molecule has 13 heteroatoms. The molecule has 0 spiro atoms. The number of anilines is 1. The molecule has 2 heterocycles. The van der Waals surface area contributed by atoms with Crippen LogP contribution in [0.1, 0.15) is 53.2 Å². The zero-order valence-corrected chi connectivity index (χ0v) is 27.0. The van der Waals surface area contributed by atoms with Crippen molar-refractivity contribution in [2.45, 2.75) is 51.1 Å². The Kier molecular flexibility index (Phi) is 10.7. The summed E-state index contributed by atoms with van der Waals surface area (Å²) in [6.07, 6.45) is -6.15. The first-order valence-corrected chi connectivity index (χ1v) is 15.7. The zero-order valence-electron chi connectivity index (χ0n) is 27.0. The Labute approximate surface area is 279 Å². The van der Waals surface area contributed by atoms with E-state index in [4.69, 9.17) is 9.47 Å². The first kappa shape index (κ1) is 35.6. The summed E-state index contributed by atoms with van der Waals surface area (Å²) in [5.41, 5.74) is -1.47. The third-order valence-corrected chi connectivity index (χ3v) is 8.80. The quantitative estimate of drug-likeness (QED) is 0.104. The fraction of sp³-hybridized carbons (Fsp3) is 0.333. The highest BCUT2D eigenvalue weighted by molar-refractivity contribution is 5.74. The van der Waals surface area contributed by atoms with Crippen LogP contribution in [0, 0.1) is 18.6 Å². The number of methoxy groups -OCH3 is 1. The molecule has 1 aliphatic heterocycles. The SMILES string of the molecule is CCC(OCCNC(c1ccccc1)[C@H]1CNc2c(Cc3c(F)cccc3C(F)(F)F)c(C)c(-c3cccc(OC)c3F)c(=O)n21)C(=O)O. The van der Waals surface area contributed by atoms with Gasteiger partial charge in [0, 0.05) is 36.2 Å². The highest BCUT2D eigenvalue weighted by Crippen LogP contribution is 2.41. The van der Waals surface area contributed by atoms with Gasteiger partial charge in [-0.3, -0.25) is 9.36 Å². The molecule has 4 aromatic rings. The van der Waals surface area contributed by atoms with E-state index in [1.807, 2.05) is 18.2 Å². The van der Waals surface area contributed by atoms with Crippen LogP contribution in [-0.2, 0) is 22.1 Å². The zero-order chi connectivity index (χ0) is 35.5. The molecule has 1 aliphatic rings. The van der Waals surface area contributed by atoms with Crippen molar-refractivity contribution in [1.29, 1.82) is 0 Å². The number of carbonyl (C=O) groups is 1. The summed E-state index contributed by atoms with van der Waals surface area (Å²) in [5.74, 6) is -2.95. The minimum Gasteiger partial charge on any atom is -0.494 e. The number of ether oxygens (including phenoxy) is 2. The van der Waals surface area contributed by atoms with Crippen molar-refractivity contribution < 1.29 is 41.3 Å². The minimum absolute atomic E-state index is 0.0307. The average molecular weight is 686 g/mol. The fourth-order valence-electron chi connectivity index (χ4n) is 6.42. The number of fused-ring (bicyclic) bond motifs is 1. The molecule has 5 rings (SSSR count). The monoisotopic (exact) mass is 685 g/mol. The highest BCUT2D eigenvalue weighted by Gasteiger charge is 2.38. The molecule has 0 radical (unpaired) electrons. The Morgan fingerprint density at radius 2 is 1.78 bits per heavy atom. The van der Waals surface area contributed by atoms with Crippen LogP contribution in [0.5, 0.6) is 5.75 Å². The molecule has 3 atom stereocenters. The molecule has 260 valence electrons. The maximum absolute atomic E-state index is 15.8. The molecule has 0 aliphatic carbocycles. The maximum atomic E-state index is 15.8. The lowest BCUT2D eigenvalue weighted by molar-refractivity contribution is -0.150. The average Bonchev–Trinajstić information content (AvgIpc) is 3.51. The van der Waals surface area contributed by atoms with Gasteiger partial charge in [0.25, 0.3) is 5.56 Å². The molecule has 1 aromatic heterocycles. The number of aliphatic carboxylic acids is 1. The van der Waals surface area contributed by atoms with E-state index in [9.17, 15) is 27.9 Å². The first-order chi connectivity index (χ1) is 23.4. The second kappa shape index (κ2) is 14.8. The standard InChI is InChI=1S/C36H36F5N3O5/c1-4-28(35(46)47)49-17-16-42-32(21-10-6-5-7-11-21)27-19-43-33-23(18-24-25(36(39,40)41)13-9-14-26(24)37)20(2)30(34(45)44(27)33)22-12-8-15-29(48-3)31(22)38/h5-15,27-28,32,42-43H,4,16-19H2,1-3H3,(H,46,47)/t27-,28?,32?/m1/s1. The van der Waals surface area contributed by atoms with Crippen molar-refractivity contribution in [3.8, 4) is 16.9 Å². The number of alkyl halides is 3. The predicted molar refractivity (Wildman–Crippen MR) is 174 cm³/mol. The molecule has 0 saturated heterocycles. The van der Waals surface area contributed by atoms with Crippen molar-refractivity contribution in [3.05, 3.63) is 117 Å². The topological polar surface area (TPSA) is 102 Å². The van der Waals surface area contributed by atoms with Crippen LogP contribution in [-0.4, -0.2) is 48.6 Å². The number of halogens is 5. The second-order valence-corrected chi connectivity index (χ2v) is 11.7. The molecule has 3 N–H and O–H groups in total. The molecule has 2 unspecified atom stereocenters. The summed E-state index contributed by atoms with van der Waals surface area (Å²) in [6.45, 7) is 3.54. The molecular formula is C36H36F5N3O5. The lowest BCUT2D eigenvalue weighted by Crippen LogP contribution is -2.37. The van der Waals surface area contributed by atoms with Gasteiger partial charge in [0.2, 0.25) is 0 Å². The molecule has 0 saturated carbocycles. The van der Waals surface area contributed by atoms with Crippen molar-refractivity contribution in [1.82, 2.24) is 9.88 Å². The number of carboxylic acids is 1. The second-order valence-electron chi connectivity index (χ2n) is 11.7.